The molecule has 1 aliphatic carbocycles. The van der Waals surface area contributed by atoms with Crippen LogP contribution in [0.15, 0.2) is 0 Å². The molecule has 1 amide bonds. The molecule has 0 aromatic heterocycles. The van der Waals surface area contributed by atoms with Gasteiger partial charge in [0.15, 0.2) is 0 Å². The lowest BCUT2D eigenvalue weighted by atomic mass is 9.75. The summed E-state index contributed by atoms with van der Waals surface area (Å²) >= 11 is 0. The third kappa shape index (κ3) is 3.24. The van der Waals surface area contributed by atoms with E-state index in [1.54, 1.807) is 6.92 Å². The summed E-state index contributed by atoms with van der Waals surface area (Å²) in [4.78, 5) is 23.4. The summed E-state index contributed by atoms with van der Waals surface area (Å²) in [6, 6.07) is 0. The monoisotopic (exact) mass is 255 g/mol. The van der Waals surface area contributed by atoms with Gasteiger partial charge in [0.2, 0.25) is 5.91 Å². The summed E-state index contributed by atoms with van der Waals surface area (Å²) in [7, 11) is 0. The second-order valence-electron chi connectivity index (χ2n) is 6.02. The van der Waals surface area contributed by atoms with Gasteiger partial charge < -0.3 is 10.4 Å². The second kappa shape index (κ2) is 5.72. The zero-order valence-corrected chi connectivity index (χ0v) is 11.7. The molecule has 4 nitrogen and oxygen atoms in total. The van der Waals surface area contributed by atoms with Crippen LogP contribution in [-0.4, -0.2) is 23.5 Å². The van der Waals surface area contributed by atoms with Gasteiger partial charge in [0.1, 0.15) is 0 Å². The molecule has 0 aromatic rings. The SMILES string of the molecule is CCC(C)(CNC(=O)C1(C)CCCCC1)C(=O)O. The van der Waals surface area contributed by atoms with Crippen LogP contribution in [0.5, 0.6) is 0 Å². The average Bonchev–Trinajstić information content (AvgIpc) is 2.36. The molecule has 18 heavy (non-hydrogen) atoms. The van der Waals surface area contributed by atoms with E-state index in [-0.39, 0.29) is 17.9 Å². The first-order valence-corrected chi connectivity index (χ1v) is 6.86. The Morgan fingerprint density at radius 3 is 2.28 bits per heavy atom. The first-order chi connectivity index (χ1) is 8.34. The Morgan fingerprint density at radius 1 is 1.28 bits per heavy atom. The predicted octanol–water partition coefficient (Wildman–Crippen LogP) is 2.57. The Hall–Kier alpha value is -1.06. The third-order valence-corrected chi connectivity index (χ3v) is 4.44. The second-order valence-corrected chi connectivity index (χ2v) is 6.02. The minimum atomic E-state index is -0.860. The molecule has 1 aliphatic rings. The van der Waals surface area contributed by atoms with Crippen molar-refractivity contribution in [1.82, 2.24) is 5.32 Å². The third-order valence-electron chi connectivity index (χ3n) is 4.44. The largest absolute Gasteiger partial charge is 0.481 e. The van der Waals surface area contributed by atoms with E-state index in [4.69, 9.17) is 5.11 Å². The van der Waals surface area contributed by atoms with Crippen molar-refractivity contribution in [3.8, 4) is 0 Å². The van der Waals surface area contributed by atoms with Gasteiger partial charge in [-0.25, -0.2) is 0 Å². The van der Waals surface area contributed by atoms with Gasteiger partial charge >= 0.3 is 5.97 Å². The maximum atomic E-state index is 12.2. The fourth-order valence-electron chi connectivity index (χ4n) is 2.40. The van der Waals surface area contributed by atoms with E-state index in [9.17, 15) is 9.59 Å². The maximum absolute atomic E-state index is 12.2. The van der Waals surface area contributed by atoms with Crippen LogP contribution >= 0.6 is 0 Å². The number of hydrogen-bond acceptors (Lipinski definition) is 2. The molecule has 1 atom stereocenters. The number of carbonyl (C=O) groups is 2. The van der Waals surface area contributed by atoms with E-state index in [1.807, 2.05) is 13.8 Å². The minimum Gasteiger partial charge on any atom is -0.481 e. The van der Waals surface area contributed by atoms with Crippen molar-refractivity contribution < 1.29 is 14.7 Å². The van der Waals surface area contributed by atoms with Crippen LogP contribution < -0.4 is 5.32 Å². The summed E-state index contributed by atoms with van der Waals surface area (Å²) in [6.45, 7) is 5.72. The van der Waals surface area contributed by atoms with E-state index in [1.165, 1.54) is 6.42 Å². The molecule has 104 valence electrons. The molecular weight excluding hydrogens is 230 g/mol. The first-order valence-electron chi connectivity index (χ1n) is 6.86. The Labute approximate surface area is 109 Å². The number of aliphatic carboxylic acids is 1. The minimum absolute atomic E-state index is 0.0168. The van der Waals surface area contributed by atoms with Crippen molar-refractivity contribution in [3.05, 3.63) is 0 Å². The van der Waals surface area contributed by atoms with Crippen LogP contribution in [-0.2, 0) is 9.59 Å². The topological polar surface area (TPSA) is 66.4 Å². The van der Waals surface area contributed by atoms with Gasteiger partial charge in [0.05, 0.1) is 5.41 Å². The van der Waals surface area contributed by atoms with Crippen molar-refractivity contribution in [2.45, 2.75) is 59.3 Å². The highest BCUT2D eigenvalue weighted by Crippen LogP contribution is 2.36. The molecule has 0 saturated heterocycles. The fourth-order valence-corrected chi connectivity index (χ4v) is 2.40. The maximum Gasteiger partial charge on any atom is 0.311 e. The molecule has 0 aromatic carbocycles. The van der Waals surface area contributed by atoms with Crippen molar-refractivity contribution in [2.24, 2.45) is 10.8 Å². The normalized spacial score (nSPS) is 21.9. The van der Waals surface area contributed by atoms with Crippen LogP contribution in [0.25, 0.3) is 0 Å². The lowest BCUT2D eigenvalue weighted by molar-refractivity contribution is -0.148. The van der Waals surface area contributed by atoms with Gasteiger partial charge in [-0.2, -0.15) is 0 Å². The van der Waals surface area contributed by atoms with E-state index in [0.717, 1.165) is 25.7 Å². The van der Waals surface area contributed by atoms with E-state index >= 15 is 0 Å². The van der Waals surface area contributed by atoms with Gasteiger partial charge in [0, 0.05) is 12.0 Å². The molecule has 0 radical (unpaired) electrons. The Morgan fingerprint density at radius 2 is 1.83 bits per heavy atom. The highest BCUT2D eigenvalue weighted by atomic mass is 16.4. The van der Waals surface area contributed by atoms with Gasteiger partial charge in [-0.05, 0) is 26.2 Å². The zero-order valence-electron chi connectivity index (χ0n) is 11.7. The number of amides is 1. The fraction of sp³-hybridized carbons (Fsp3) is 0.857. The van der Waals surface area contributed by atoms with Crippen LogP contribution in [0, 0.1) is 10.8 Å². The lowest BCUT2D eigenvalue weighted by Gasteiger charge is -2.33. The van der Waals surface area contributed by atoms with E-state index < -0.39 is 11.4 Å². The molecular formula is C14H25NO3. The molecule has 1 saturated carbocycles. The van der Waals surface area contributed by atoms with Crippen molar-refractivity contribution in [1.29, 1.82) is 0 Å². The standard InChI is InChI=1S/C14H25NO3/c1-4-13(2,12(17)18)10-15-11(16)14(3)8-6-5-7-9-14/h4-10H2,1-3H3,(H,15,16)(H,17,18). The van der Waals surface area contributed by atoms with E-state index in [2.05, 4.69) is 5.32 Å². The van der Waals surface area contributed by atoms with Gasteiger partial charge in [-0.1, -0.05) is 33.1 Å². The van der Waals surface area contributed by atoms with Crippen molar-refractivity contribution >= 4 is 11.9 Å². The average molecular weight is 255 g/mol. The zero-order chi connectivity index (χ0) is 13.8. The number of carbonyl (C=O) groups excluding carboxylic acids is 1. The van der Waals surface area contributed by atoms with Crippen molar-refractivity contribution in [2.75, 3.05) is 6.54 Å². The number of carboxylic acid groups (broad SMARTS) is 1. The van der Waals surface area contributed by atoms with Crippen LogP contribution in [0.1, 0.15) is 59.3 Å². The van der Waals surface area contributed by atoms with Gasteiger partial charge in [-0.15, -0.1) is 0 Å². The summed E-state index contributed by atoms with van der Waals surface area (Å²) in [5, 5.41) is 12.0. The quantitative estimate of drug-likeness (QED) is 0.793. The molecule has 0 aliphatic heterocycles. The smallest absolute Gasteiger partial charge is 0.311 e. The number of nitrogens with one attached hydrogen (secondary N) is 1. The molecule has 2 N–H and O–H groups in total. The molecule has 0 bridgehead atoms. The van der Waals surface area contributed by atoms with Crippen LogP contribution in [0.3, 0.4) is 0 Å². The molecule has 1 unspecified atom stereocenters. The Balaban J connectivity index is 2.57. The molecule has 4 heteroatoms. The molecule has 0 spiro atoms. The van der Waals surface area contributed by atoms with Gasteiger partial charge in [0.25, 0.3) is 0 Å². The number of hydrogen-bond donors (Lipinski definition) is 2. The van der Waals surface area contributed by atoms with E-state index in [0.29, 0.717) is 6.42 Å². The van der Waals surface area contributed by atoms with Crippen molar-refractivity contribution in [3.63, 3.8) is 0 Å². The highest BCUT2D eigenvalue weighted by Gasteiger charge is 2.37. The van der Waals surface area contributed by atoms with Crippen LogP contribution in [0.4, 0.5) is 0 Å². The highest BCUT2D eigenvalue weighted by molar-refractivity contribution is 5.83. The molecule has 0 heterocycles. The lowest BCUT2D eigenvalue weighted by Crippen LogP contribution is -2.46. The number of carboxylic acids is 1. The Kier molecular flexibility index (Phi) is 4.77. The molecule has 1 rings (SSSR count). The Bertz CT molecular complexity index is 321. The summed E-state index contributed by atoms with van der Waals surface area (Å²) in [6.07, 6.45) is 5.72. The summed E-state index contributed by atoms with van der Waals surface area (Å²) in [5.41, 5.74) is -1.16. The number of rotatable bonds is 5. The van der Waals surface area contributed by atoms with Gasteiger partial charge in [-0.3, -0.25) is 9.59 Å². The van der Waals surface area contributed by atoms with Crippen LogP contribution in [0.2, 0.25) is 0 Å². The summed E-state index contributed by atoms with van der Waals surface area (Å²) in [5.74, 6) is -0.831. The molecule has 1 fully saturated rings. The summed E-state index contributed by atoms with van der Waals surface area (Å²) < 4.78 is 0. The first kappa shape index (κ1) is 15.0. The predicted molar refractivity (Wildman–Crippen MR) is 70.2 cm³/mol.